The van der Waals surface area contributed by atoms with Crippen LogP contribution in [0.25, 0.3) is 0 Å². The van der Waals surface area contributed by atoms with Crippen molar-refractivity contribution in [3.05, 3.63) is 72.1 Å². The number of anilines is 1. The Labute approximate surface area is 141 Å². The third-order valence-electron chi connectivity index (χ3n) is 4.05. The molecule has 0 radical (unpaired) electrons. The van der Waals surface area contributed by atoms with E-state index in [2.05, 4.69) is 21.7 Å². The summed E-state index contributed by atoms with van der Waals surface area (Å²) in [6.07, 6.45) is 6.55. The molecule has 5 heteroatoms. The minimum absolute atomic E-state index is 0.165. The zero-order valence-corrected chi connectivity index (χ0v) is 13.4. The SMILES string of the molecule is O=C(NCc1ccccc1)c1cc(N[C@@H]2C=C[C@H](CO)C2)ccn1. The Kier molecular flexibility index (Phi) is 5.23. The Hall–Kier alpha value is -2.66. The number of nitrogens with zero attached hydrogens (tertiary/aromatic N) is 1. The van der Waals surface area contributed by atoms with Crippen LogP contribution in [0.1, 0.15) is 22.5 Å². The number of aromatic nitrogens is 1. The molecule has 1 aliphatic carbocycles. The van der Waals surface area contributed by atoms with Crippen molar-refractivity contribution in [3.63, 3.8) is 0 Å². The zero-order chi connectivity index (χ0) is 16.8. The lowest BCUT2D eigenvalue weighted by Crippen LogP contribution is -2.24. The standard InChI is InChI=1S/C19H21N3O2/c23-13-15-6-7-16(10-15)22-17-8-9-20-18(11-17)19(24)21-12-14-4-2-1-3-5-14/h1-9,11,15-16,23H,10,12-13H2,(H,20,22)(H,21,24)/t15-,16+/m0/s1. The van der Waals surface area contributed by atoms with Crippen LogP contribution in [-0.4, -0.2) is 28.6 Å². The van der Waals surface area contributed by atoms with Gasteiger partial charge in [0.15, 0.2) is 0 Å². The first kappa shape index (κ1) is 16.2. The van der Waals surface area contributed by atoms with Crippen LogP contribution in [0.15, 0.2) is 60.8 Å². The number of aliphatic hydroxyl groups excluding tert-OH is 1. The second-order valence-electron chi connectivity index (χ2n) is 5.91. The van der Waals surface area contributed by atoms with Gasteiger partial charge in [-0.2, -0.15) is 0 Å². The molecule has 2 atom stereocenters. The van der Waals surface area contributed by atoms with E-state index in [1.807, 2.05) is 42.5 Å². The predicted molar refractivity (Wildman–Crippen MR) is 93.6 cm³/mol. The molecule has 3 rings (SSSR count). The molecule has 0 fully saturated rings. The van der Waals surface area contributed by atoms with Gasteiger partial charge in [0.05, 0.1) is 0 Å². The highest BCUT2D eigenvalue weighted by Gasteiger charge is 2.18. The largest absolute Gasteiger partial charge is 0.396 e. The van der Waals surface area contributed by atoms with Crippen molar-refractivity contribution < 1.29 is 9.90 Å². The lowest BCUT2D eigenvalue weighted by molar-refractivity contribution is 0.0946. The van der Waals surface area contributed by atoms with Gasteiger partial charge in [0.25, 0.3) is 5.91 Å². The van der Waals surface area contributed by atoms with E-state index in [1.54, 1.807) is 12.3 Å². The molecule has 0 spiro atoms. The number of amides is 1. The molecule has 1 aliphatic rings. The van der Waals surface area contributed by atoms with Crippen molar-refractivity contribution in [2.75, 3.05) is 11.9 Å². The zero-order valence-electron chi connectivity index (χ0n) is 13.4. The van der Waals surface area contributed by atoms with Gasteiger partial charge >= 0.3 is 0 Å². The molecule has 0 bridgehead atoms. The molecule has 2 aromatic rings. The van der Waals surface area contributed by atoms with Crippen molar-refractivity contribution in [2.45, 2.75) is 19.0 Å². The summed E-state index contributed by atoms with van der Waals surface area (Å²) in [5, 5.41) is 15.4. The molecule has 1 amide bonds. The summed E-state index contributed by atoms with van der Waals surface area (Å²) >= 11 is 0. The fraction of sp³-hybridized carbons (Fsp3) is 0.263. The molecule has 0 aliphatic heterocycles. The molecular weight excluding hydrogens is 302 g/mol. The molecule has 0 saturated carbocycles. The lowest BCUT2D eigenvalue weighted by atomic mass is 10.1. The van der Waals surface area contributed by atoms with E-state index in [0.717, 1.165) is 17.7 Å². The van der Waals surface area contributed by atoms with Gasteiger partial charge in [-0.1, -0.05) is 42.5 Å². The maximum absolute atomic E-state index is 12.3. The molecule has 24 heavy (non-hydrogen) atoms. The van der Waals surface area contributed by atoms with E-state index in [0.29, 0.717) is 12.2 Å². The van der Waals surface area contributed by atoms with Crippen LogP contribution in [0.2, 0.25) is 0 Å². The van der Waals surface area contributed by atoms with Crippen LogP contribution < -0.4 is 10.6 Å². The maximum Gasteiger partial charge on any atom is 0.270 e. The smallest absolute Gasteiger partial charge is 0.270 e. The third kappa shape index (κ3) is 4.20. The summed E-state index contributed by atoms with van der Waals surface area (Å²) in [4.78, 5) is 16.4. The van der Waals surface area contributed by atoms with Crippen LogP contribution >= 0.6 is 0 Å². The highest BCUT2D eigenvalue weighted by Crippen LogP contribution is 2.21. The molecular formula is C19H21N3O2. The van der Waals surface area contributed by atoms with E-state index in [-0.39, 0.29) is 24.5 Å². The molecule has 5 nitrogen and oxygen atoms in total. The number of carbonyl (C=O) groups excluding carboxylic acids is 1. The van der Waals surface area contributed by atoms with Crippen LogP contribution in [0.5, 0.6) is 0 Å². The molecule has 1 heterocycles. The van der Waals surface area contributed by atoms with E-state index in [1.165, 1.54) is 0 Å². The highest BCUT2D eigenvalue weighted by atomic mass is 16.3. The Bertz CT molecular complexity index is 716. The van der Waals surface area contributed by atoms with Crippen LogP contribution in [0.4, 0.5) is 5.69 Å². The summed E-state index contributed by atoms with van der Waals surface area (Å²) in [5.41, 5.74) is 2.28. The number of benzene rings is 1. The van der Waals surface area contributed by atoms with Gasteiger partial charge in [0.2, 0.25) is 0 Å². The van der Waals surface area contributed by atoms with Gasteiger partial charge < -0.3 is 15.7 Å². The minimum atomic E-state index is -0.197. The van der Waals surface area contributed by atoms with Crippen LogP contribution in [0, 0.1) is 5.92 Å². The number of pyridine rings is 1. The lowest BCUT2D eigenvalue weighted by Gasteiger charge is -2.14. The second-order valence-corrected chi connectivity index (χ2v) is 5.91. The number of aliphatic hydroxyl groups is 1. The van der Waals surface area contributed by atoms with Gasteiger partial charge in [-0.25, -0.2) is 0 Å². The summed E-state index contributed by atoms with van der Waals surface area (Å²) in [5.74, 6) is 0.00989. The first-order valence-corrected chi connectivity index (χ1v) is 8.08. The Balaban J connectivity index is 1.58. The van der Waals surface area contributed by atoms with Gasteiger partial charge in [0, 0.05) is 37.0 Å². The number of hydrogen-bond donors (Lipinski definition) is 3. The third-order valence-corrected chi connectivity index (χ3v) is 4.05. The molecule has 0 unspecified atom stereocenters. The fourth-order valence-electron chi connectivity index (χ4n) is 2.74. The van der Waals surface area contributed by atoms with Gasteiger partial charge in [-0.05, 0) is 24.1 Å². The van der Waals surface area contributed by atoms with Crippen LogP contribution in [0.3, 0.4) is 0 Å². The predicted octanol–water partition coefficient (Wildman–Crippen LogP) is 2.36. The van der Waals surface area contributed by atoms with Crippen LogP contribution in [-0.2, 0) is 6.54 Å². The van der Waals surface area contributed by atoms with Gasteiger partial charge in [-0.3, -0.25) is 9.78 Å². The minimum Gasteiger partial charge on any atom is -0.396 e. The van der Waals surface area contributed by atoms with Crippen molar-refractivity contribution in [2.24, 2.45) is 5.92 Å². The Morgan fingerprint density at radius 3 is 2.79 bits per heavy atom. The normalized spacial score (nSPS) is 19.2. The first-order valence-electron chi connectivity index (χ1n) is 8.08. The topological polar surface area (TPSA) is 74.2 Å². The number of hydrogen-bond acceptors (Lipinski definition) is 4. The molecule has 1 aromatic carbocycles. The Morgan fingerprint density at radius 1 is 1.21 bits per heavy atom. The van der Waals surface area contributed by atoms with E-state index < -0.39 is 0 Å². The van der Waals surface area contributed by atoms with Gasteiger partial charge in [0.1, 0.15) is 5.69 Å². The summed E-state index contributed by atoms with van der Waals surface area (Å²) in [6, 6.07) is 13.5. The first-order chi connectivity index (χ1) is 11.7. The van der Waals surface area contributed by atoms with E-state index in [9.17, 15) is 9.90 Å². The van der Waals surface area contributed by atoms with E-state index >= 15 is 0 Å². The maximum atomic E-state index is 12.3. The summed E-state index contributed by atoms with van der Waals surface area (Å²) < 4.78 is 0. The average Bonchev–Trinajstić information content (AvgIpc) is 3.08. The quantitative estimate of drug-likeness (QED) is 0.714. The van der Waals surface area contributed by atoms with Gasteiger partial charge in [-0.15, -0.1) is 0 Å². The van der Waals surface area contributed by atoms with Crippen molar-refractivity contribution >= 4 is 11.6 Å². The van der Waals surface area contributed by atoms with Crippen molar-refractivity contribution in [1.29, 1.82) is 0 Å². The molecule has 1 aromatic heterocycles. The molecule has 124 valence electrons. The highest BCUT2D eigenvalue weighted by molar-refractivity contribution is 5.93. The Morgan fingerprint density at radius 2 is 2.04 bits per heavy atom. The fourth-order valence-corrected chi connectivity index (χ4v) is 2.74. The number of rotatable bonds is 6. The second kappa shape index (κ2) is 7.75. The van der Waals surface area contributed by atoms with Crippen molar-refractivity contribution in [3.8, 4) is 0 Å². The monoisotopic (exact) mass is 323 g/mol. The summed E-state index contributed by atoms with van der Waals surface area (Å²) in [6.45, 7) is 0.640. The number of carbonyl (C=O) groups is 1. The molecule has 0 saturated heterocycles. The van der Waals surface area contributed by atoms with E-state index in [4.69, 9.17) is 0 Å². The molecule has 3 N–H and O–H groups in total. The van der Waals surface area contributed by atoms with Crippen molar-refractivity contribution in [1.82, 2.24) is 10.3 Å². The summed E-state index contributed by atoms with van der Waals surface area (Å²) in [7, 11) is 0. The number of nitrogens with one attached hydrogen (secondary N) is 2. The average molecular weight is 323 g/mol.